The fourth-order valence-corrected chi connectivity index (χ4v) is 2.50. The second-order valence-electron chi connectivity index (χ2n) is 4.15. The molecule has 0 saturated carbocycles. The molecule has 0 unspecified atom stereocenters. The molecule has 18 heavy (non-hydrogen) atoms. The molecule has 1 aromatic rings. The SMILES string of the molecule is CCN(C)c1sc(C(=O)OC)c(N)c1OC(C)C. The van der Waals surface area contributed by atoms with Crippen molar-refractivity contribution < 1.29 is 14.3 Å². The summed E-state index contributed by atoms with van der Waals surface area (Å²) < 4.78 is 10.4. The molecule has 5 nitrogen and oxygen atoms in total. The van der Waals surface area contributed by atoms with Gasteiger partial charge in [-0.1, -0.05) is 0 Å². The lowest BCUT2D eigenvalue weighted by Gasteiger charge is -2.18. The molecule has 0 aliphatic carbocycles. The minimum atomic E-state index is -0.429. The van der Waals surface area contributed by atoms with E-state index in [9.17, 15) is 4.79 Å². The number of carbonyl (C=O) groups excluding carboxylic acids is 1. The zero-order valence-electron chi connectivity index (χ0n) is 11.4. The summed E-state index contributed by atoms with van der Waals surface area (Å²) in [5.41, 5.74) is 6.34. The number of rotatable bonds is 5. The van der Waals surface area contributed by atoms with Crippen molar-refractivity contribution in [1.82, 2.24) is 0 Å². The van der Waals surface area contributed by atoms with Gasteiger partial charge in [0.15, 0.2) is 5.75 Å². The van der Waals surface area contributed by atoms with Crippen LogP contribution in [-0.2, 0) is 4.74 Å². The predicted molar refractivity (Wildman–Crippen MR) is 74.8 cm³/mol. The second-order valence-corrected chi connectivity index (χ2v) is 5.15. The highest BCUT2D eigenvalue weighted by Crippen LogP contribution is 2.45. The Morgan fingerprint density at radius 3 is 2.56 bits per heavy atom. The number of hydrogen-bond donors (Lipinski definition) is 1. The van der Waals surface area contributed by atoms with E-state index in [0.717, 1.165) is 11.5 Å². The van der Waals surface area contributed by atoms with Crippen LogP contribution in [0.25, 0.3) is 0 Å². The summed E-state index contributed by atoms with van der Waals surface area (Å²) in [6.45, 7) is 6.66. The molecule has 0 saturated heterocycles. The van der Waals surface area contributed by atoms with E-state index in [1.165, 1.54) is 18.4 Å². The predicted octanol–water partition coefficient (Wildman–Crippen LogP) is 2.36. The van der Waals surface area contributed by atoms with Crippen LogP contribution >= 0.6 is 11.3 Å². The molecule has 0 atom stereocenters. The summed E-state index contributed by atoms with van der Waals surface area (Å²) in [5.74, 6) is 0.140. The first-order valence-corrected chi connectivity index (χ1v) is 6.62. The summed E-state index contributed by atoms with van der Waals surface area (Å²) in [7, 11) is 3.27. The molecular formula is C12H20N2O3S. The Bertz CT molecular complexity index is 429. The molecule has 0 amide bonds. The smallest absolute Gasteiger partial charge is 0.350 e. The molecule has 0 fully saturated rings. The van der Waals surface area contributed by atoms with Gasteiger partial charge in [-0.25, -0.2) is 4.79 Å². The van der Waals surface area contributed by atoms with E-state index in [-0.39, 0.29) is 6.10 Å². The van der Waals surface area contributed by atoms with Crippen LogP contribution < -0.4 is 15.4 Å². The number of hydrogen-bond acceptors (Lipinski definition) is 6. The van der Waals surface area contributed by atoms with Crippen molar-refractivity contribution in [2.75, 3.05) is 31.3 Å². The van der Waals surface area contributed by atoms with E-state index in [4.69, 9.17) is 15.2 Å². The van der Waals surface area contributed by atoms with E-state index in [1.807, 2.05) is 32.7 Å². The summed E-state index contributed by atoms with van der Waals surface area (Å²) in [5, 5.41) is 0.851. The first-order chi connectivity index (χ1) is 8.42. The number of carbonyl (C=O) groups is 1. The van der Waals surface area contributed by atoms with Crippen molar-refractivity contribution in [3.63, 3.8) is 0 Å². The van der Waals surface area contributed by atoms with Crippen LogP contribution in [0.4, 0.5) is 10.7 Å². The average molecular weight is 272 g/mol. The van der Waals surface area contributed by atoms with E-state index in [1.54, 1.807) is 0 Å². The highest BCUT2D eigenvalue weighted by molar-refractivity contribution is 7.19. The van der Waals surface area contributed by atoms with Crippen molar-refractivity contribution in [3.05, 3.63) is 4.88 Å². The number of thiophene rings is 1. The highest BCUT2D eigenvalue weighted by atomic mass is 32.1. The topological polar surface area (TPSA) is 64.8 Å². The van der Waals surface area contributed by atoms with E-state index in [0.29, 0.717) is 16.3 Å². The molecule has 0 radical (unpaired) electrons. The Morgan fingerprint density at radius 1 is 1.50 bits per heavy atom. The first kappa shape index (κ1) is 14.6. The van der Waals surface area contributed by atoms with Crippen LogP contribution in [0.15, 0.2) is 0 Å². The third-order valence-electron chi connectivity index (χ3n) is 2.43. The number of methoxy groups -OCH3 is 1. The number of nitrogen functional groups attached to an aromatic ring is 1. The quantitative estimate of drug-likeness (QED) is 0.834. The number of anilines is 2. The lowest BCUT2D eigenvalue weighted by Crippen LogP contribution is -2.16. The Balaban J connectivity index is 3.26. The molecule has 0 aliphatic heterocycles. The van der Waals surface area contributed by atoms with Gasteiger partial charge in [-0.15, -0.1) is 11.3 Å². The fourth-order valence-electron chi connectivity index (χ4n) is 1.41. The summed E-state index contributed by atoms with van der Waals surface area (Å²) in [4.78, 5) is 14.0. The molecular weight excluding hydrogens is 252 g/mol. The number of nitrogens with two attached hydrogens (primary N) is 1. The Kier molecular flexibility index (Phi) is 4.84. The Morgan fingerprint density at radius 2 is 2.11 bits per heavy atom. The lowest BCUT2D eigenvalue weighted by atomic mass is 10.3. The van der Waals surface area contributed by atoms with Crippen molar-refractivity contribution in [2.45, 2.75) is 26.9 Å². The van der Waals surface area contributed by atoms with Gasteiger partial charge in [-0.2, -0.15) is 0 Å². The molecule has 1 aromatic heterocycles. The van der Waals surface area contributed by atoms with E-state index in [2.05, 4.69) is 0 Å². The molecule has 2 N–H and O–H groups in total. The molecule has 1 rings (SSSR count). The second kappa shape index (κ2) is 5.95. The van der Waals surface area contributed by atoms with Crippen molar-refractivity contribution in [2.24, 2.45) is 0 Å². The highest BCUT2D eigenvalue weighted by Gasteiger charge is 2.25. The van der Waals surface area contributed by atoms with Crippen LogP contribution in [0.1, 0.15) is 30.4 Å². The van der Waals surface area contributed by atoms with Crippen LogP contribution in [0, 0.1) is 0 Å². The van der Waals surface area contributed by atoms with Gasteiger partial charge < -0.3 is 20.1 Å². The monoisotopic (exact) mass is 272 g/mol. The molecule has 0 bridgehead atoms. The normalized spacial score (nSPS) is 10.6. The zero-order valence-corrected chi connectivity index (χ0v) is 12.3. The third-order valence-corrected chi connectivity index (χ3v) is 3.71. The lowest BCUT2D eigenvalue weighted by molar-refractivity contribution is 0.0607. The molecule has 1 heterocycles. The maximum absolute atomic E-state index is 11.6. The summed E-state index contributed by atoms with van der Waals surface area (Å²) in [6, 6.07) is 0. The van der Waals surface area contributed by atoms with Crippen molar-refractivity contribution in [3.8, 4) is 5.75 Å². The van der Waals surface area contributed by atoms with Gasteiger partial charge in [-0.3, -0.25) is 0 Å². The average Bonchev–Trinajstić information content (AvgIpc) is 2.65. The van der Waals surface area contributed by atoms with Gasteiger partial charge in [0, 0.05) is 13.6 Å². The summed E-state index contributed by atoms with van der Waals surface area (Å²) in [6.07, 6.45) is -0.00333. The third kappa shape index (κ3) is 2.87. The van der Waals surface area contributed by atoms with Gasteiger partial charge in [0.1, 0.15) is 15.6 Å². The van der Waals surface area contributed by atoms with Crippen LogP contribution in [0.2, 0.25) is 0 Å². The zero-order chi connectivity index (χ0) is 13.9. The summed E-state index contributed by atoms with van der Waals surface area (Å²) >= 11 is 1.29. The van der Waals surface area contributed by atoms with Crippen LogP contribution in [0.5, 0.6) is 5.75 Å². The Hall–Kier alpha value is -1.43. The molecule has 102 valence electrons. The maximum Gasteiger partial charge on any atom is 0.350 e. The molecule has 6 heteroatoms. The van der Waals surface area contributed by atoms with Crippen LogP contribution in [-0.4, -0.2) is 32.8 Å². The number of nitrogens with zero attached hydrogens (tertiary/aromatic N) is 1. The standard InChI is InChI=1S/C12H20N2O3S/c1-6-14(4)11-9(17-7(2)3)8(13)10(18-11)12(15)16-5/h7H,6,13H2,1-5H3. The van der Waals surface area contributed by atoms with Crippen molar-refractivity contribution in [1.29, 1.82) is 0 Å². The van der Waals surface area contributed by atoms with Gasteiger partial charge in [0.25, 0.3) is 0 Å². The van der Waals surface area contributed by atoms with Crippen LogP contribution in [0.3, 0.4) is 0 Å². The van der Waals surface area contributed by atoms with Gasteiger partial charge in [0.2, 0.25) is 0 Å². The van der Waals surface area contributed by atoms with E-state index >= 15 is 0 Å². The fraction of sp³-hybridized carbons (Fsp3) is 0.583. The van der Waals surface area contributed by atoms with E-state index < -0.39 is 5.97 Å². The minimum absolute atomic E-state index is 0.00333. The number of ether oxygens (including phenoxy) is 2. The first-order valence-electron chi connectivity index (χ1n) is 5.80. The van der Waals surface area contributed by atoms with Gasteiger partial charge >= 0.3 is 5.97 Å². The molecule has 0 spiro atoms. The maximum atomic E-state index is 11.6. The molecule has 0 aliphatic rings. The number of esters is 1. The molecule has 0 aromatic carbocycles. The minimum Gasteiger partial charge on any atom is -0.486 e. The van der Waals surface area contributed by atoms with Crippen molar-refractivity contribution >= 4 is 28.0 Å². The largest absolute Gasteiger partial charge is 0.486 e. The Labute approximate surface area is 111 Å². The van der Waals surface area contributed by atoms with Gasteiger partial charge in [0.05, 0.1) is 13.2 Å². The van der Waals surface area contributed by atoms with Gasteiger partial charge in [-0.05, 0) is 20.8 Å².